The molecule has 1 heterocycles. The van der Waals surface area contributed by atoms with Gasteiger partial charge in [-0.05, 0) is 39.3 Å². The topological polar surface area (TPSA) is 71.5 Å². The summed E-state index contributed by atoms with van der Waals surface area (Å²) >= 11 is 0. The van der Waals surface area contributed by atoms with Crippen molar-refractivity contribution in [3.05, 3.63) is 24.0 Å². The Bertz CT molecular complexity index is 515. The fourth-order valence-corrected chi connectivity index (χ4v) is 2.40. The Hall–Kier alpha value is -1.19. The third kappa shape index (κ3) is 7.28. The number of hydrogen-bond donors (Lipinski definition) is 2. The van der Waals surface area contributed by atoms with Gasteiger partial charge in [0.15, 0.2) is 6.61 Å². The van der Waals surface area contributed by atoms with Crippen LogP contribution >= 0.6 is 0 Å². The Morgan fingerprint density at radius 1 is 1.35 bits per heavy atom. The number of aliphatic hydroxyl groups is 1. The van der Waals surface area contributed by atoms with Gasteiger partial charge in [-0.2, -0.15) is 13.2 Å². The van der Waals surface area contributed by atoms with E-state index in [1.54, 1.807) is 20.8 Å². The highest BCUT2D eigenvalue weighted by Gasteiger charge is 2.28. The number of nitrogens with zero attached hydrogens (tertiary/aromatic N) is 1. The molecule has 0 aliphatic heterocycles. The Labute approximate surface area is 135 Å². The molecule has 1 aromatic heterocycles. The summed E-state index contributed by atoms with van der Waals surface area (Å²) in [6.45, 7) is 3.86. The van der Waals surface area contributed by atoms with Gasteiger partial charge in [-0.3, -0.25) is 4.98 Å². The highest BCUT2D eigenvalue weighted by atomic mass is 32.2. The first-order valence-corrected chi connectivity index (χ1v) is 8.12. The van der Waals surface area contributed by atoms with E-state index in [4.69, 9.17) is 5.11 Å². The second-order valence-electron chi connectivity index (χ2n) is 5.89. The molecule has 2 atom stereocenters. The van der Waals surface area contributed by atoms with Crippen molar-refractivity contribution in [2.75, 3.05) is 13.2 Å². The number of nitrogens with one attached hydrogen (secondary N) is 1. The molecule has 0 aliphatic carbocycles. The minimum Gasteiger partial charge on any atom is -0.483 e. The molecule has 2 N–H and O–H groups in total. The molecule has 132 valence electrons. The predicted octanol–water partition coefficient (Wildman–Crippen LogP) is 2.50. The Morgan fingerprint density at radius 3 is 2.43 bits per heavy atom. The van der Waals surface area contributed by atoms with E-state index >= 15 is 0 Å². The van der Waals surface area contributed by atoms with Gasteiger partial charge in [-0.25, -0.2) is 8.93 Å². The summed E-state index contributed by atoms with van der Waals surface area (Å²) in [5.74, 6) is -0.00855. The van der Waals surface area contributed by atoms with E-state index < -0.39 is 34.6 Å². The number of aliphatic hydroxyl groups excluding tert-OH is 1. The lowest BCUT2D eigenvalue weighted by Crippen LogP contribution is -2.36. The average Bonchev–Trinajstić information content (AvgIpc) is 2.43. The molecule has 0 bridgehead atoms. The summed E-state index contributed by atoms with van der Waals surface area (Å²) in [6.07, 6.45) is -2.96. The van der Waals surface area contributed by atoms with Crippen LogP contribution in [-0.2, 0) is 11.0 Å². The van der Waals surface area contributed by atoms with E-state index in [0.29, 0.717) is 5.69 Å². The predicted molar refractivity (Wildman–Crippen MR) is 81.3 cm³/mol. The average molecular weight is 354 g/mol. The molecule has 2 unspecified atom stereocenters. The maximum atomic E-state index is 12.1. The molecule has 0 fully saturated rings. The quantitative estimate of drug-likeness (QED) is 0.789. The Morgan fingerprint density at radius 2 is 2.00 bits per heavy atom. The summed E-state index contributed by atoms with van der Waals surface area (Å²) in [4.78, 5) is 4.03. The van der Waals surface area contributed by atoms with Crippen LogP contribution in [0.25, 0.3) is 0 Å². The van der Waals surface area contributed by atoms with Gasteiger partial charge in [0.2, 0.25) is 0 Å². The molecule has 1 rings (SSSR count). The lowest BCUT2D eigenvalue weighted by molar-refractivity contribution is -0.153. The molecule has 0 saturated carbocycles. The molecule has 0 radical (unpaired) electrons. The molecule has 9 heteroatoms. The maximum absolute atomic E-state index is 12.1. The number of pyridine rings is 1. The first-order chi connectivity index (χ1) is 10.5. The van der Waals surface area contributed by atoms with Crippen molar-refractivity contribution in [2.24, 2.45) is 0 Å². The van der Waals surface area contributed by atoms with Gasteiger partial charge in [0, 0.05) is 6.61 Å². The Balaban J connectivity index is 2.78. The molecule has 23 heavy (non-hydrogen) atoms. The molecular weight excluding hydrogens is 333 g/mol. The fraction of sp³-hybridized carbons (Fsp3) is 0.643. The lowest BCUT2D eigenvalue weighted by atomic mass is 10.1. The second-order valence-corrected chi connectivity index (χ2v) is 7.88. The molecule has 0 aromatic carbocycles. The van der Waals surface area contributed by atoms with E-state index in [9.17, 15) is 17.4 Å². The molecule has 1 aromatic rings. The van der Waals surface area contributed by atoms with E-state index in [1.807, 2.05) is 0 Å². The van der Waals surface area contributed by atoms with Crippen LogP contribution in [0.5, 0.6) is 5.75 Å². The zero-order valence-corrected chi connectivity index (χ0v) is 14.0. The summed E-state index contributed by atoms with van der Waals surface area (Å²) < 4.78 is 55.4. The van der Waals surface area contributed by atoms with Crippen molar-refractivity contribution in [1.82, 2.24) is 9.71 Å². The highest BCUT2D eigenvalue weighted by Crippen LogP contribution is 2.22. The minimum atomic E-state index is -4.41. The van der Waals surface area contributed by atoms with E-state index in [2.05, 4.69) is 14.4 Å². The van der Waals surface area contributed by atoms with Gasteiger partial charge in [0.1, 0.15) is 5.75 Å². The normalized spacial score (nSPS) is 15.3. The zero-order chi connectivity index (χ0) is 17.7. The summed E-state index contributed by atoms with van der Waals surface area (Å²) in [5.41, 5.74) is 0.469. The van der Waals surface area contributed by atoms with Crippen molar-refractivity contribution in [3.63, 3.8) is 0 Å². The monoisotopic (exact) mass is 354 g/mol. The summed E-state index contributed by atoms with van der Waals surface area (Å²) in [6, 6.07) is 2.37. The highest BCUT2D eigenvalue weighted by molar-refractivity contribution is 7.84. The van der Waals surface area contributed by atoms with Crippen LogP contribution in [0.2, 0.25) is 0 Å². The molecular formula is C14H21F3N2O3S. The van der Waals surface area contributed by atoms with Crippen molar-refractivity contribution in [3.8, 4) is 5.75 Å². The van der Waals surface area contributed by atoms with Crippen molar-refractivity contribution < 1.29 is 27.2 Å². The smallest absolute Gasteiger partial charge is 0.422 e. The second kappa shape index (κ2) is 8.07. The molecule has 0 spiro atoms. The van der Waals surface area contributed by atoms with Crippen LogP contribution in [0.4, 0.5) is 13.2 Å². The first-order valence-electron chi connectivity index (χ1n) is 6.97. The van der Waals surface area contributed by atoms with E-state index in [-0.39, 0.29) is 18.8 Å². The molecule has 0 saturated heterocycles. The molecule has 0 aliphatic rings. The van der Waals surface area contributed by atoms with E-state index in [1.165, 1.54) is 18.3 Å². The molecule has 5 nitrogen and oxygen atoms in total. The van der Waals surface area contributed by atoms with E-state index in [0.717, 1.165) is 0 Å². The third-order valence-corrected chi connectivity index (χ3v) is 4.35. The largest absolute Gasteiger partial charge is 0.483 e. The third-order valence-electron chi connectivity index (χ3n) is 2.74. The number of halogens is 3. The van der Waals surface area contributed by atoms with Crippen LogP contribution in [0.15, 0.2) is 18.3 Å². The maximum Gasteiger partial charge on any atom is 0.422 e. The number of hydrogen-bond acceptors (Lipinski definition) is 4. The van der Waals surface area contributed by atoms with Crippen molar-refractivity contribution in [2.45, 2.75) is 44.2 Å². The van der Waals surface area contributed by atoms with Gasteiger partial charge >= 0.3 is 6.18 Å². The lowest BCUT2D eigenvalue weighted by Gasteiger charge is -2.23. The zero-order valence-electron chi connectivity index (χ0n) is 13.2. The SMILES string of the molecule is CC(C)(C)S(=O)NC(CCO)c1ccc(OCC(F)(F)F)cn1. The number of alkyl halides is 3. The van der Waals surface area contributed by atoms with Gasteiger partial charge in [-0.1, -0.05) is 0 Å². The number of rotatable bonds is 7. The van der Waals surface area contributed by atoms with Crippen molar-refractivity contribution in [1.29, 1.82) is 0 Å². The van der Waals surface area contributed by atoms with Crippen LogP contribution in [0.1, 0.15) is 38.9 Å². The number of aromatic nitrogens is 1. The van der Waals surface area contributed by atoms with Crippen molar-refractivity contribution >= 4 is 11.0 Å². The van der Waals surface area contributed by atoms with Gasteiger partial charge in [0.05, 0.1) is 33.7 Å². The van der Waals surface area contributed by atoms with Crippen LogP contribution in [0, 0.1) is 0 Å². The van der Waals surface area contributed by atoms with Gasteiger partial charge < -0.3 is 9.84 Å². The fourth-order valence-electron chi connectivity index (χ4n) is 1.55. The minimum absolute atomic E-state index is 0.00855. The van der Waals surface area contributed by atoms with Crippen LogP contribution in [-0.4, -0.2) is 38.4 Å². The van der Waals surface area contributed by atoms with Gasteiger partial charge in [0.25, 0.3) is 0 Å². The Kier molecular flexibility index (Phi) is 6.97. The summed E-state index contributed by atoms with van der Waals surface area (Å²) in [7, 11) is -1.37. The number of ether oxygens (including phenoxy) is 1. The van der Waals surface area contributed by atoms with Crippen LogP contribution < -0.4 is 9.46 Å². The molecule has 0 amide bonds. The standard InChI is InChI=1S/C14H21F3N2O3S/c1-13(2,3)23(21)19-12(6-7-20)11-5-4-10(8-18-11)22-9-14(15,16)17/h4-5,8,12,19-20H,6-7,9H2,1-3H3. The van der Waals surface area contributed by atoms with Gasteiger partial charge in [-0.15, -0.1) is 0 Å². The summed E-state index contributed by atoms with van der Waals surface area (Å²) in [5, 5.41) is 9.13. The van der Waals surface area contributed by atoms with Crippen LogP contribution in [0.3, 0.4) is 0 Å². The first kappa shape index (κ1) is 19.9.